The predicted molar refractivity (Wildman–Crippen MR) is 71.3 cm³/mol. The van der Waals surface area contributed by atoms with Crippen LogP contribution in [0.3, 0.4) is 0 Å². The van der Waals surface area contributed by atoms with Crippen LogP contribution in [0.25, 0.3) is 0 Å². The highest BCUT2D eigenvalue weighted by Gasteiger charge is 2.14. The minimum Gasteiger partial charge on any atom is -0.364 e. The quantitative estimate of drug-likeness (QED) is 0.266. The molecule has 0 aromatic carbocycles. The Bertz CT molecular complexity index is 633. The second-order valence-electron chi connectivity index (χ2n) is 3.19. The predicted octanol–water partition coefficient (Wildman–Crippen LogP) is -1.48. The summed E-state index contributed by atoms with van der Waals surface area (Å²) in [5, 5.41) is 17.1. The average molecular weight is 286 g/mol. The van der Waals surface area contributed by atoms with Crippen LogP contribution >= 0.6 is 12.2 Å². The lowest BCUT2D eigenvalue weighted by molar-refractivity contribution is -0.386. The molecule has 0 amide bonds. The first-order valence-electron chi connectivity index (χ1n) is 4.93. The van der Waals surface area contributed by atoms with Gasteiger partial charge in [-0.1, -0.05) is 0 Å². The lowest BCUT2D eigenvalue weighted by Crippen LogP contribution is -2.32. The zero-order valence-corrected chi connectivity index (χ0v) is 10.6. The molecule has 10 nitrogen and oxygen atoms in total. The van der Waals surface area contributed by atoms with E-state index >= 15 is 0 Å². The fourth-order valence-electron chi connectivity index (χ4n) is 1.05. The number of thiocarbonyl (C=S) groups is 1. The van der Waals surface area contributed by atoms with Crippen LogP contribution in [0.2, 0.25) is 0 Å². The third-order valence-corrected chi connectivity index (χ3v) is 2.25. The monoisotopic (exact) mass is 286 g/mol. The molecule has 1 aromatic heterocycles. The van der Waals surface area contributed by atoms with Crippen molar-refractivity contribution < 1.29 is 4.92 Å². The van der Waals surface area contributed by atoms with E-state index < -0.39 is 21.9 Å². The molecule has 0 aliphatic carbocycles. The fraction of sp³-hybridized carbons (Fsp3) is 0.250. The number of hydrogen-bond acceptors (Lipinski definition) is 6. The Labute approximate surface area is 111 Å². The van der Waals surface area contributed by atoms with E-state index in [1.54, 1.807) is 7.05 Å². The van der Waals surface area contributed by atoms with Crippen molar-refractivity contribution in [2.24, 2.45) is 5.10 Å². The highest BCUT2D eigenvalue weighted by molar-refractivity contribution is 7.80. The van der Waals surface area contributed by atoms with E-state index in [0.717, 1.165) is 10.8 Å². The van der Waals surface area contributed by atoms with Crippen LogP contribution in [0.1, 0.15) is 0 Å². The second kappa shape index (κ2) is 6.39. The summed E-state index contributed by atoms with van der Waals surface area (Å²) in [6.07, 6.45) is 2.12. The Morgan fingerprint density at radius 3 is 2.95 bits per heavy atom. The molecular formula is C8H10N6O4S. The molecule has 102 valence electrons. The van der Waals surface area contributed by atoms with Crippen molar-refractivity contribution in [3.8, 4) is 0 Å². The van der Waals surface area contributed by atoms with E-state index in [2.05, 4.69) is 15.8 Å². The molecular weight excluding hydrogens is 276 g/mol. The minimum atomic E-state index is -1.04. The smallest absolute Gasteiger partial charge is 0.350 e. The molecule has 1 rings (SSSR count). The van der Waals surface area contributed by atoms with Crippen molar-refractivity contribution in [2.75, 3.05) is 7.05 Å². The number of rotatable bonds is 4. The largest absolute Gasteiger partial charge is 0.364 e. The van der Waals surface area contributed by atoms with Crippen LogP contribution in [-0.4, -0.2) is 32.8 Å². The van der Waals surface area contributed by atoms with Gasteiger partial charge in [0.05, 0.1) is 17.7 Å². The van der Waals surface area contributed by atoms with Gasteiger partial charge in [0.1, 0.15) is 0 Å². The summed E-state index contributed by atoms with van der Waals surface area (Å²) in [4.78, 5) is 34.0. The maximum Gasteiger partial charge on any atom is 0.350 e. The van der Waals surface area contributed by atoms with Gasteiger partial charge in [-0.15, -0.1) is 0 Å². The molecule has 0 radical (unpaired) electrons. The summed E-state index contributed by atoms with van der Waals surface area (Å²) < 4.78 is 0.938. The SMILES string of the molecule is CNC(=S)NN=CCn1cc([N+](=O)[O-])c(=O)[nH]c1=O. The van der Waals surface area contributed by atoms with E-state index in [4.69, 9.17) is 12.2 Å². The van der Waals surface area contributed by atoms with Gasteiger partial charge >= 0.3 is 16.9 Å². The van der Waals surface area contributed by atoms with Gasteiger partial charge in [-0.05, 0) is 12.2 Å². The standard InChI is InChI=1S/C8H10N6O4S/c1-9-7(19)12-10-2-3-13-4-5(14(17)18)6(15)11-8(13)16/h2,4H,3H2,1H3,(H2,9,12,19)(H,11,15,16). The average Bonchev–Trinajstić information content (AvgIpc) is 2.35. The number of H-pyrrole nitrogens is 1. The van der Waals surface area contributed by atoms with E-state index in [9.17, 15) is 19.7 Å². The first-order valence-corrected chi connectivity index (χ1v) is 5.34. The van der Waals surface area contributed by atoms with E-state index in [1.165, 1.54) is 6.21 Å². The van der Waals surface area contributed by atoms with Gasteiger partial charge in [0.15, 0.2) is 5.11 Å². The first-order chi connectivity index (χ1) is 8.95. The van der Waals surface area contributed by atoms with Crippen LogP contribution in [0.15, 0.2) is 20.9 Å². The Hall–Kier alpha value is -2.56. The van der Waals surface area contributed by atoms with E-state index in [-0.39, 0.29) is 11.7 Å². The zero-order chi connectivity index (χ0) is 14.4. The summed E-state index contributed by atoms with van der Waals surface area (Å²) in [5.41, 5.74) is -0.0860. The van der Waals surface area contributed by atoms with Crippen molar-refractivity contribution in [3.05, 3.63) is 37.1 Å². The maximum atomic E-state index is 11.4. The van der Waals surface area contributed by atoms with Gasteiger partial charge in [-0.3, -0.25) is 29.9 Å². The third-order valence-electron chi connectivity index (χ3n) is 1.95. The molecule has 1 aromatic rings. The number of aromatic nitrogens is 2. The molecule has 0 saturated carbocycles. The van der Waals surface area contributed by atoms with Crippen molar-refractivity contribution in [3.63, 3.8) is 0 Å². The highest BCUT2D eigenvalue weighted by atomic mass is 32.1. The molecule has 0 bridgehead atoms. The summed E-state index contributed by atoms with van der Waals surface area (Å²) >= 11 is 4.74. The minimum absolute atomic E-state index is 0.0597. The number of hydrogen-bond donors (Lipinski definition) is 3. The normalized spacial score (nSPS) is 10.4. The van der Waals surface area contributed by atoms with Crippen LogP contribution in [0.4, 0.5) is 5.69 Å². The number of nitrogens with one attached hydrogen (secondary N) is 3. The van der Waals surface area contributed by atoms with Crippen molar-refractivity contribution >= 4 is 29.2 Å². The van der Waals surface area contributed by atoms with Crippen LogP contribution in [-0.2, 0) is 6.54 Å². The molecule has 0 atom stereocenters. The fourth-order valence-corrected chi connectivity index (χ4v) is 1.11. The summed E-state index contributed by atoms with van der Waals surface area (Å²) in [5.74, 6) is 0. The Kier molecular flexibility index (Phi) is 4.88. The van der Waals surface area contributed by atoms with Gasteiger partial charge in [0.2, 0.25) is 0 Å². The molecule has 0 unspecified atom stereocenters. The zero-order valence-electron chi connectivity index (χ0n) is 9.74. The number of nitro groups is 1. The van der Waals surface area contributed by atoms with E-state index in [1.807, 2.05) is 4.98 Å². The summed E-state index contributed by atoms with van der Waals surface area (Å²) in [7, 11) is 1.60. The summed E-state index contributed by atoms with van der Waals surface area (Å²) in [6, 6.07) is 0. The van der Waals surface area contributed by atoms with Crippen molar-refractivity contribution in [2.45, 2.75) is 6.54 Å². The van der Waals surface area contributed by atoms with E-state index in [0.29, 0.717) is 0 Å². The lowest BCUT2D eigenvalue weighted by atomic mass is 10.5. The van der Waals surface area contributed by atoms with Crippen molar-refractivity contribution in [1.82, 2.24) is 20.3 Å². The van der Waals surface area contributed by atoms with Crippen LogP contribution in [0, 0.1) is 10.1 Å². The number of aromatic amines is 1. The third kappa shape index (κ3) is 3.99. The van der Waals surface area contributed by atoms with Gasteiger partial charge in [-0.25, -0.2) is 4.79 Å². The molecule has 0 fully saturated rings. The van der Waals surface area contributed by atoms with Crippen LogP contribution in [0.5, 0.6) is 0 Å². The van der Waals surface area contributed by atoms with Crippen molar-refractivity contribution in [1.29, 1.82) is 0 Å². The Morgan fingerprint density at radius 1 is 1.68 bits per heavy atom. The highest BCUT2D eigenvalue weighted by Crippen LogP contribution is 1.97. The molecule has 19 heavy (non-hydrogen) atoms. The number of nitrogens with zero attached hydrogens (tertiary/aromatic N) is 3. The van der Waals surface area contributed by atoms with Crippen LogP contribution < -0.4 is 22.0 Å². The maximum absolute atomic E-state index is 11.4. The topological polar surface area (TPSA) is 134 Å². The number of hydrazone groups is 1. The summed E-state index contributed by atoms with van der Waals surface area (Å²) in [6.45, 7) is -0.0597. The Balaban J connectivity index is 2.87. The molecule has 11 heteroatoms. The Morgan fingerprint density at radius 2 is 2.37 bits per heavy atom. The molecule has 3 N–H and O–H groups in total. The van der Waals surface area contributed by atoms with Gasteiger partial charge < -0.3 is 5.32 Å². The first kappa shape index (κ1) is 14.5. The molecule has 0 aliphatic heterocycles. The molecule has 0 saturated heterocycles. The second-order valence-corrected chi connectivity index (χ2v) is 3.59. The molecule has 0 spiro atoms. The molecule has 1 heterocycles. The lowest BCUT2D eigenvalue weighted by Gasteiger charge is -2.01. The van der Waals surface area contributed by atoms with Gasteiger partial charge in [0.25, 0.3) is 0 Å². The molecule has 0 aliphatic rings. The van der Waals surface area contributed by atoms with Gasteiger partial charge in [0, 0.05) is 13.3 Å². The van der Waals surface area contributed by atoms with Gasteiger partial charge in [-0.2, -0.15) is 5.10 Å².